The van der Waals surface area contributed by atoms with Gasteiger partial charge in [-0.1, -0.05) is 34.1 Å². The fourth-order valence-electron chi connectivity index (χ4n) is 1.61. The molecule has 2 atom stereocenters. The highest BCUT2D eigenvalue weighted by molar-refractivity contribution is 7.87. The van der Waals surface area contributed by atoms with Crippen LogP contribution in [0.1, 0.15) is 47.5 Å². The summed E-state index contributed by atoms with van der Waals surface area (Å²) >= 11 is 0. The zero-order chi connectivity index (χ0) is 15.1. The molecule has 0 saturated heterocycles. The van der Waals surface area contributed by atoms with Gasteiger partial charge in [0.15, 0.2) is 0 Å². The van der Waals surface area contributed by atoms with Crippen LogP contribution in [0, 0.1) is 5.92 Å². The van der Waals surface area contributed by atoms with Crippen molar-refractivity contribution < 1.29 is 8.42 Å². The molecule has 0 aliphatic carbocycles. The lowest BCUT2D eigenvalue weighted by molar-refractivity contribution is 0.399. The van der Waals surface area contributed by atoms with E-state index in [-0.39, 0.29) is 6.04 Å². The molecule has 2 N–H and O–H groups in total. The zero-order valence-electron chi connectivity index (χ0n) is 13.2. The van der Waals surface area contributed by atoms with E-state index in [4.69, 9.17) is 0 Å². The Morgan fingerprint density at radius 2 is 1.74 bits per heavy atom. The molecule has 0 radical (unpaired) electrons. The highest BCUT2D eigenvalue weighted by Gasteiger charge is 2.22. The Hall–Kier alpha value is -0.170. The van der Waals surface area contributed by atoms with E-state index in [0.717, 1.165) is 19.4 Å². The lowest BCUT2D eigenvalue weighted by Gasteiger charge is -2.24. The number of hydrogen-bond donors (Lipinski definition) is 2. The van der Waals surface area contributed by atoms with Crippen molar-refractivity contribution in [1.82, 2.24) is 14.3 Å². The molecule has 0 aliphatic heterocycles. The molecule has 0 bridgehead atoms. The fraction of sp³-hybridized carbons (Fsp3) is 1.00. The summed E-state index contributed by atoms with van der Waals surface area (Å²) in [5.41, 5.74) is 0. The molecule has 0 fully saturated rings. The molecule has 0 aromatic carbocycles. The first-order chi connectivity index (χ1) is 8.70. The first kappa shape index (κ1) is 18.8. The summed E-state index contributed by atoms with van der Waals surface area (Å²) in [6, 6.07) is 0.400. The van der Waals surface area contributed by atoms with Crippen LogP contribution in [0.3, 0.4) is 0 Å². The van der Waals surface area contributed by atoms with Crippen molar-refractivity contribution in [1.29, 1.82) is 0 Å². The summed E-state index contributed by atoms with van der Waals surface area (Å²) in [5.74, 6) is 0.339. The van der Waals surface area contributed by atoms with Crippen molar-refractivity contribution in [3.8, 4) is 0 Å². The molecule has 6 heteroatoms. The second kappa shape index (κ2) is 8.89. The molecule has 0 spiro atoms. The van der Waals surface area contributed by atoms with Gasteiger partial charge in [-0.25, -0.2) is 0 Å². The van der Waals surface area contributed by atoms with Gasteiger partial charge < -0.3 is 5.32 Å². The molecule has 5 nitrogen and oxygen atoms in total. The lowest BCUT2D eigenvalue weighted by atomic mass is 10.0. The van der Waals surface area contributed by atoms with E-state index >= 15 is 0 Å². The number of rotatable bonds is 10. The highest BCUT2D eigenvalue weighted by Crippen LogP contribution is 2.09. The van der Waals surface area contributed by atoms with E-state index in [1.54, 1.807) is 7.05 Å². The Labute approximate surface area is 119 Å². The van der Waals surface area contributed by atoms with Crippen LogP contribution >= 0.6 is 0 Å². The van der Waals surface area contributed by atoms with E-state index in [1.165, 1.54) is 4.31 Å². The van der Waals surface area contributed by atoms with Crippen LogP contribution in [0.5, 0.6) is 0 Å². The summed E-state index contributed by atoms with van der Waals surface area (Å²) in [5, 5.41) is 3.28. The minimum atomic E-state index is -3.36. The Morgan fingerprint density at radius 1 is 1.16 bits per heavy atom. The molecule has 0 aliphatic rings. The van der Waals surface area contributed by atoms with Crippen molar-refractivity contribution in [2.45, 2.75) is 59.5 Å². The van der Waals surface area contributed by atoms with Gasteiger partial charge in [0.05, 0.1) is 0 Å². The largest absolute Gasteiger partial charge is 0.314 e. The van der Waals surface area contributed by atoms with E-state index in [9.17, 15) is 8.42 Å². The predicted molar refractivity (Wildman–Crippen MR) is 81.4 cm³/mol. The van der Waals surface area contributed by atoms with Crippen LogP contribution in [-0.2, 0) is 10.2 Å². The third-order valence-corrected chi connectivity index (χ3v) is 5.12. The quantitative estimate of drug-likeness (QED) is 0.601. The van der Waals surface area contributed by atoms with Crippen molar-refractivity contribution in [3.63, 3.8) is 0 Å². The van der Waals surface area contributed by atoms with Crippen molar-refractivity contribution in [3.05, 3.63) is 0 Å². The van der Waals surface area contributed by atoms with E-state index in [1.807, 2.05) is 6.92 Å². The molecule has 116 valence electrons. The Bertz CT molecular complexity index is 331. The summed E-state index contributed by atoms with van der Waals surface area (Å²) in [6.07, 6.45) is 1.78. The monoisotopic (exact) mass is 293 g/mol. The van der Waals surface area contributed by atoms with E-state index in [0.29, 0.717) is 18.5 Å². The first-order valence-corrected chi connectivity index (χ1v) is 8.61. The summed E-state index contributed by atoms with van der Waals surface area (Å²) in [7, 11) is -1.73. The lowest BCUT2D eigenvalue weighted by Crippen LogP contribution is -2.45. The van der Waals surface area contributed by atoms with Crippen molar-refractivity contribution >= 4 is 10.2 Å². The predicted octanol–water partition coefficient (Wildman–Crippen LogP) is 1.58. The Balaban J connectivity index is 4.17. The highest BCUT2D eigenvalue weighted by atomic mass is 32.2. The van der Waals surface area contributed by atoms with Crippen molar-refractivity contribution in [2.24, 2.45) is 5.92 Å². The van der Waals surface area contributed by atoms with Gasteiger partial charge in [-0.05, 0) is 25.8 Å². The van der Waals surface area contributed by atoms with Gasteiger partial charge in [0, 0.05) is 25.7 Å². The molecule has 19 heavy (non-hydrogen) atoms. The van der Waals surface area contributed by atoms with Crippen LogP contribution < -0.4 is 10.0 Å². The molecule has 0 aromatic heterocycles. The summed E-state index contributed by atoms with van der Waals surface area (Å²) < 4.78 is 28.3. The molecule has 0 heterocycles. The molecule has 0 aromatic rings. The summed E-state index contributed by atoms with van der Waals surface area (Å²) in [4.78, 5) is 0. The maximum absolute atomic E-state index is 12.1. The van der Waals surface area contributed by atoms with Crippen LogP contribution in [0.4, 0.5) is 0 Å². The smallest absolute Gasteiger partial charge is 0.279 e. The normalized spacial score (nSPS) is 16.0. The van der Waals surface area contributed by atoms with Crippen LogP contribution in [0.25, 0.3) is 0 Å². The molecule has 0 rings (SSSR count). The van der Waals surface area contributed by atoms with Gasteiger partial charge in [-0.15, -0.1) is 0 Å². The molecule has 0 amide bonds. The number of hydrogen-bond acceptors (Lipinski definition) is 3. The second-order valence-electron chi connectivity index (χ2n) is 5.58. The Morgan fingerprint density at radius 3 is 2.21 bits per heavy atom. The molecular formula is C13H31N3O2S. The second-order valence-corrected chi connectivity index (χ2v) is 7.39. The number of nitrogens with one attached hydrogen (secondary N) is 2. The van der Waals surface area contributed by atoms with Crippen LogP contribution in [-0.4, -0.2) is 44.9 Å². The van der Waals surface area contributed by atoms with Crippen molar-refractivity contribution in [2.75, 3.05) is 20.1 Å². The molecular weight excluding hydrogens is 262 g/mol. The third kappa shape index (κ3) is 7.87. The van der Waals surface area contributed by atoms with Gasteiger partial charge in [-0.3, -0.25) is 0 Å². The van der Waals surface area contributed by atoms with Crippen LogP contribution in [0.2, 0.25) is 0 Å². The van der Waals surface area contributed by atoms with E-state index in [2.05, 4.69) is 37.7 Å². The van der Waals surface area contributed by atoms with Gasteiger partial charge >= 0.3 is 0 Å². The maximum atomic E-state index is 12.1. The maximum Gasteiger partial charge on any atom is 0.279 e. The Kier molecular flexibility index (Phi) is 8.81. The number of nitrogens with zero attached hydrogens (tertiary/aromatic N) is 1. The molecule has 0 saturated carbocycles. The fourth-order valence-corrected chi connectivity index (χ4v) is 2.86. The topological polar surface area (TPSA) is 61.4 Å². The zero-order valence-corrected chi connectivity index (χ0v) is 14.0. The first-order valence-electron chi connectivity index (χ1n) is 7.17. The van der Waals surface area contributed by atoms with E-state index < -0.39 is 10.2 Å². The van der Waals surface area contributed by atoms with Gasteiger partial charge in [0.1, 0.15) is 0 Å². The van der Waals surface area contributed by atoms with Crippen LogP contribution in [0.15, 0.2) is 0 Å². The summed E-state index contributed by atoms with van der Waals surface area (Å²) in [6.45, 7) is 11.6. The standard InChI is InChI=1S/C13H31N3O2S/c1-7-12(4)13(5)15-19(17,18)16(6)10-8-9-14-11(2)3/h11-15H,7-10H2,1-6H3. The van der Waals surface area contributed by atoms with Gasteiger partial charge in [-0.2, -0.15) is 17.4 Å². The SMILES string of the molecule is CCC(C)C(C)NS(=O)(=O)N(C)CCCNC(C)C. The third-order valence-electron chi connectivity index (χ3n) is 3.45. The molecule has 2 unspecified atom stereocenters. The average molecular weight is 293 g/mol. The van der Waals surface area contributed by atoms with Gasteiger partial charge in [0.25, 0.3) is 10.2 Å². The average Bonchev–Trinajstić information content (AvgIpc) is 2.32. The minimum absolute atomic E-state index is 0.0359. The minimum Gasteiger partial charge on any atom is -0.314 e. The van der Waals surface area contributed by atoms with Gasteiger partial charge in [0.2, 0.25) is 0 Å².